The van der Waals surface area contributed by atoms with E-state index in [9.17, 15) is 9.18 Å². The summed E-state index contributed by atoms with van der Waals surface area (Å²) in [6, 6.07) is 11.4. The van der Waals surface area contributed by atoms with Gasteiger partial charge in [0.1, 0.15) is 5.58 Å². The number of aromatic nitrogens is 2. The van der Waals surface area contributed by atoms with E-state index in [0.717, 1.165) is 30.7 Å². The molecule has 158 valence electrons. The van der Waals surface area contributed by atoms with Crippen LogP contribution in [0.1, 0.15) is 19.3 Å². The lowest BCUT2D eigenvalue weighted by Crippen LogP contribution is -2.54. The SMILES string of the molecule is O=c1oc2cc(N3CCN4CCCCC4C3)ccc2cc1-c1cn2cccc(F)c2n1. The standard InChI is InChI=1S/C24H23FN4O2/c25-20-5-3-9-29-15-21(26-23(20)29)19-12-16-6-7-17(13-22(16)31-24(19)30)28-11-10-27-8-2-1-4-18(27)14-28/h3,5-7,9,12-13,15,18H,1-2,4,8,10-11,14H2. The maximum Gasteiger partial charge on any atom is 0.345 e. The summed E-state index contributed by atoms with van der Waals surface area (Å²) in [6.45, 7) is 4.29. The smallest absolute Gasteiger partial charge is 0.345 e. The Kier molecular flexibility index (Phi) is 4.31. The van der Waals surface area contributed by atoms with E-state index in [-0.39, 0.29) is 5.65 Å². The summed E-state index contributed by atoms with van der Waals surface area (Å²) in [6.07, 6.45) is 7.21. The molecule has 0 aliphatic carbocycles. The van der Waals surface area contributed by atoms with Crippen molar-refractivity contribution in [2.75, 3.05) is 31.1 Å². The number of hydrogen-bond donors (Lipinski definition) is 0. The van der Waals surface area contributed by atoms with Crippen molar-refractivity contribution in [3.05, 3.63) is 65.0 Å². The van der Waals surface area contributed by atoms with E-state index in [1.165, 1.54) is 31.9 Å². The molecule has 0 saturated carbocycles. The topological polar surface area (TPSA) is 54.0 Å². The van der Waals surface area contributed by atoms with E-state index >= 15 is 0 Å². The molecule has 2 aliphatic heterocycles. The van der Waals surface area contributed by atoms with Crippen molar-refractivity contribution >= 4 is 22.3 Å². The van der Waals surface area contributed by atoms with E-state index in [1.54, 1.807) is 28.9 Å². The third kappa shape index (κ3) is 3.20. The molecule has 1 unspecified atom stereocenters. The molecule has 4 aromatic rings. The summed E-state index contributed by atoms with van der Waals surface area (Å²) in [5, 5.41) is 0.826. The van der Waals surface area contributed by atoms with Crippen molar-refractivity contribution in [1.29, 1.82) is 0 Å². The summed E-state index contributed by atoms with van der Waals surface area (Å²) < 4.78 is 21.2. The second-order valence-electron chi connectivity index (χ2n) is 8.51. The Bertz CT molecular complexity index is 1340. The molecule has 31 heavy (non-hydrogen) atoms. The zero-order valence-electron chi connectivity index (χ0n) is 17.1. The number of piperazine rings is 1. The first-order chi connectivity index (χ1) is 15.2. The van der Waals surface area contributed by atoms with Crippen LogP contribution in [0.2, 0.25) is 0 Å². The fourth-order valence-corrected chi connectivity index (χ4v) is 4.97. The Labute approximate surface area is 178 Å². The summed E-state index contributed by atoms with van der Waals surface area (Å²) in [7, 11) is 0. The van der Waals surface area contributed by atoms with Gasteiger partial charge in [0.05, 0.1) is 11.3 Å². The molecule has 5 heterocycles. The van der Waals surface area contributed by atoms with Crippen LogP contribution in [-0.2, 0) is 0 Å². The Morgan fingerprint density at radius 3 is 2.94 bits per heavy atom. The highest BCUT2D eigenvalue weighted by Crippen LogP contribution is 2.28. The minimum Gasteiger partial charge on any atom is -0.422 e. The van der Waals surface area contributed by atoms with Gasteiger partial charge < -0.3 is 13.7 Å². The summed E-state index contributed by atoms with van der Waals surface area (Å²) in [4.78, 5) is 22.0. The van der Waals surface area contributed by atoms with Crippen LogP contribution in [0, 0.1) is 5.82 Å². The molecule has 0 N–H and O–H groups in total. The lowest BCUT2D eigenvalue weighted by Gasteiger charge is -2.44. The van der Waals surface area contributed by atoms with Gasteiger partial charge >= 0.3 is 5.63 Å². The van der Waals surface area contributed by atoms with Crippen LogP contribution in [0.4, 0.5) is 10.1 Å². The van der Waals surface area contributed by atoms with Gasteiger partial charge in [-0.3, -0.25) is 4.90 Å². The lowest BCUT2D eigenvalue weighted by atomic mass is 9.99. The molecule has 2 aliphatic rings. The molecule has 1 atom stereocenters. The highest BCUT2D eigenvalue weighted by Gasteiger charge is 2.29. The highest BCUT2D eigenvalue weighted by atomic mass is 19.1. The van der Waals surface area contributed by atoms with Gasteiger partial charge in [0, 0.05) is 55.2 Å². The number of anilines is 1. The molecular formula is C24H23FN4O2. The second kappa shape index (κ2) is 7.20. The van der Waals surface area contributed by atoms with Crippen LogP contribution < -0.4 is 10.5 Å². The van der Waals surface area contributed by atoms with Crippen LogP contribution in [0.15, 0.2) is 58.0 Å². The molecule has 0 radical (unpaired) electrons. The van der Waals surface area contributed by atoms with Crippen molar-refractivity contribution in [3.63, 3.8) is 0 Å². The van der Waals surface area contributed by atoms with Gasteiger partial charge in [-0.25, -0.2) is 14.2 Å². The van der Waals surface area contributed by atoms with Crippen LogP contribution in [0.25, 0.3) is 27.9 Å². The van der Waals surface area contributed by atoms with Crippen LogP contribution >= 0.6 is 0 Å². The van der Waals surface area contributed by atoms with E-state index in [2.05, 4.69) is 20.9 Å². The van der Waals surface area contributed by atoms with E-state index in [0.29, 0.717) is 22.9 Å². The van der Waals surface area contributed by atoms with Crippen LogP contribution in [0.5, 0.6) is 0 Å². The Morgan fingerprint density at radius 1 is 1.10 bits per heavy atom. The van der Waals surface area contributed by atoms with Gasteiger partial charge in [-0.15, -0.1) is 0 Å². The number of imidazole rings is 1. The molecule has 1 aromatic carbocycles. The average molecular weight is 418 g/mol. The average Bonchev–Trinajstić information content (AvgIpc) is 3.23. The maximum absolute atomic E-state index is 14.0. The Morgan fingerprint density at radius 2 is 2.03 bits per heavy atom. The molecule has 0 bridgehead atoms. The Balaban J connectivity index is 1.35. The predicted molar refractivity (Wildman–Crippen MR) is 118 cm³/mol. The van der Waals surface area contributed by atoms with Gasteiger partial charge in [-0.2, -0.15) is 0 Å². The molecule has 6 rings (SSSR count). The monoisotopic (exact) mass is 418 g/mol. The number of halogens is 1. The van der Waals surface area contributed by atoms with Gasteiger partial charge in [0.25, 0.3) is 0 Å². The number of hydrogen-bond acceptors (Lipinski definition) is 5. The predicted octanol–water partition coefficient (Wildman–Crippen LogP) is 3.92. The van der Waals surface area contributed by atoms with Crippen LogP contribution in [0.3, 0.4) is 0 Å². The number of benzene rings is 1. The Hall–Kier alpha value is -3.19. The van der Waals surface area contributed by atoms with Crippen molar-refractivity contribution in [1.82, 2.24) is 14.3 Å². The van der Waals surface area contributed by atoms with Crippen molar-refractivity contribution in [2.45, 2.75) is 25.3 Å². The summed E-state index contributed by atoms with van der Waals surface area (Å²) >= 11 is 0. The fraction of sp³-hybridized carbons (Fsp3) is 0.333. The first-order valence-electron chi connectivity index (χ1n) is 10.9. The first-order valence-corrected chi connectivity index (χ1v) is 10.9. The van der Waals surface area contributed by atoms with E-state index in [1.807, 2.05) is 12.1 Å². The van der Waals surface area contributed by atoms with Gasteiger partial charge in [0.15, 0.2) is 11.5 Å². The summed E-state index contributed by atoms with van der Waals surface area (Å²) in [5.41, 5.74) is 2.10. The molecule has 0 spiro atoms. The molecular weight excluding hydrogens is 395 g/mol. The number of nitrogens with zero attached hydrogens (tertiary/aromatic N) is 4. The normalized spacial score (nSPS) is 19.8. The van der Waals surface area contributed by atoms with Crippen LogP contribution in [-0.4, -0.2) is 46.5 Å². The minimum atomic E-state index is -0.467. The number of fused-ring (bicyclic) bond motifs is 3. The van der Waals surface area contributed by atoms with Gasteiger partial charge in [-0.1, -0.05) is 6.42 Å². The fourth-order valence-electron chi connectivity index (χ4n) is 4.97. The number of rotatable bonds is 2. The molecule has 2 fully saturated rings. The van der Waals surface area contributed by atoms with Crippen molar-refractivity contribution in [2.24, 2.45) is 0 Å². The second-order valence-corrected chi connectivity index (χ2v) is 8.51. The van der Waals surface area contributed by atoms with Crippen molar-refractivity contribution < 1.29 is 8.81 Å². The quantitative estimate of drug-likeness (QED) is 0.462. The third-order valence-electron chi connectivity index (χ3n) is 6.63. The van der Waals surface area contributed by atoms with Crippen molar-refractivity contribution in [3.8, 4) is 11.3 Å². The number of piperidine rings is 1. The molecule has 2 saturated heterocycles. The van der Waals surface area contributed by atoms with Gasteiger partial charge in [0.2, 0.25) is 0 Å². The van der Waals surface area contributed by atoms with Gasteiger partial charge in [-0.05, 0) is 49.7 Å². The molecule has 0 amide bonds. The minimum absolute atomic E-state index is 0.189. The molecule has 6 nitrogen and oxygen atoms in total. The summed E-state index contributed by atoms with van der Waals surface area (Å²) in [5.74, 6) is -0.429. The lowest BCUT2D eigenvalue weighted by molar-refractivity contribution is 0.133. The highest BCUT2D eigenvalue weighted by molar-refractivity contribution is 5.84. The third-order valence-corrected chi connectivity index (χ3v) is 6.63. The van der Waals surface area contributed by atoms with E-state index in [4.69, 9.17) is 4.42 Å². The molecule has 3 aromatic heterocycles. The number of pyridine rings is 1. The zero-order chi connectivity index (χ0) is 20.9. The zero-order valence-corrected chi connectivity index (χ0v) is 17.1. The van der Waals surface area contributed by atoms with E-state index < -0.39 is 11.4 Å². The first kappa shape index (κ1) is 18.6. The maximum atomic E-state index is 14.0. The largest absolute Gasteiger partial charge is 0.422 e. The molecule has 7 heteroatoms.